The molecule has 0 amide bonds. The minimum Gasteiger partial charge on any atom is -0.374 e. The maximum Gasteiger partial charge on any atom is 0.293 e. The molecule has 2 fully saturated rings. The first-order chi connectivity index (χ1) is 12.1. The van der Waals surface area contributed by atoms with E-state index in [1.807, 2.05) is 20.9 Å². The monoisotopic (exact) mass is 382 g/mol. The highest BCUT2D eigenvalue weighted by molar-refractivity contribution is 7.89. The van der Waals surface area contributed by atoms with Crippen LogP contribution in [0.4, 0.5) is 11.4 Å². The third-order valence-electron chi connectivity index (χ3n) is 5.32. The van der Waals surface area contributed by atoms with Gasteiger partial charge in [0.15, 0.2) is 0 Å². The first kappa shape index (κ1) is 19.1. The molecule has 144 valence electrons. The van der Waals surface area contributed by atoms with Gasteiger partial charge in [-0.3, -0.25) is 10.1 Å². The van der Waals surface area contributed by atoms with Crippen molar-refractivity contribution in [1.29, 1.82) is 0 Å². The topological polar surface area (TPSA) is 95.8 Å². The Labute approximate surface area is 154 Å². The molecule has 1 aliphatic heterocycles. The van der Waals surface area contributed by atoms with Gasteiger partial charge in [0, 0.05) is 37.8 Å². The lowest BCUT2D eigenvalue weighted by atomic mass is 9.98. The Bertz CT molecular complexity index is 797. The molecule has 1 aromatic rings. The van der Waals surface area contributed by atoms with Crippen LogP contribution in [0.15, 0.2) is 23.1 Å². The van der Waals surface area contributed by atoms with E-state index in [1.54, 1.807) is 0 Å². The van der Waals surface area contributed by atoms with Gasteiger partial charge in [-0.05, 0) is 51.8 Å². The van der Waals surface area contributed by atoms with Crippen molar-refractivity contribution in [1.82, 2.24) is 9.21 Å². The molecule has 2 aliphatic rings. The molecular formula is C17H26N4O4S. The summed E-state index contributed by atoms with van der Waals surface area (Å²) < 4.78 is 27.1. The number of hydrogen-bond acceptors (Lipinski definition) is 6. The first-order valence-corrected chi connectivity index (χ1v) is 10.3. The summed E-state index contributed by atoms with van der Waals surface area (Å²) in [6.07, 6.45) is 2.20. The quantitative estimate of drug-likeness (QED) is 0.598. The highest BCUT2D eigenvalue weighted by atomic mass is 32.2. The van der Waals surface area contributed by atoms with E-state index in [-0.39, 0.29) is 16.1 Å². The van der Waals surface area contributed by atoms with Gasteiger partial charge in [-0.25, -0.2) is 8.42 Å². The lowest BCUT2D eigenvalue weighted by molar-refractivity contribution is -0.384. The lowest BCUT2D eigenvalue weighted by Crippen LogP contribution is -2.47. The Kier molecular flexibility index (Phi) is 4.98. The van der Waals surface area contributed by atoms with E-state index in [9.17, 15) is 18.5 Å². The number of likely N-dealkylation sites (N-methyl/N-ethyl adjacent to an activating group) is 1. The highest BCUT2D eigenvalue weighted by Gasteiger charge is 2.39. The summed E-state index contributed by atoms with van der Waals surface area (Å²) >= 11 is 0. The van der Waals surface area contributed by atoms with Crippen molar-refractivity contribution >= 4 is 21.4 Å². The Morgan fingerprint density at radius 2 is 1.81 bits per heavy atom. The summed E-state index contributed by atoms with van der Waals surface area (Å²) in [5, 5.41) is 14.8. The van der Waals surface area contributed by atoms with Gasteiger partial charge in [0.1, 0.15) is 5.69 Å². The zero-order valence-electron chi connectivity index (χ0n) is 15.4. The van der Waals surface area contributed by atoms with Crippen molar-refractivity contribution in [2.24, 2.45) is 5.92 Å². The molecule has 1 saturated carbocycles. The van der Waals surface area contributed by atoms with E-state index >= 15 is 0 Å². The van der Waals surface area contributed by atoms with Crippen LogP contribution in [0.25, 0.3) is 0 Å². The van der Waals surface area contributed by atoms with Crippen LogP contribution in [-0.4, -0.2) is 61.3 Å². The van der Waals surface area contributed by atoms with Gasteiger partial charge in [0.2, 0.25) is 10.0 Å². The summed E-state index contributed by atoms with van der Waals surface area (Å²) in [4.78, 5) is 13.1. The molecule has 1 aliphatic carbocycles. The van der Waals surface area contributed by atoms with E-state index in [0.717, 1.165) is 12.8 Å². The van der Waals surface area contributed by atoms with Gasteiger partial charge in [-0.1, -0.05) is 0 Å². The smallest absolute Gasteiger partial charge is 0.293 e. The van der Waals surface area contributed by atoms with E-state index in [4.69, 9.17) is 0 Å². The molecule has 8 nitrogen and oxygen atoms in total. The number of nitrogens with one attached hydrogen (secondary N) is 1. The third-order valence-corrected chi connectivity index (χ3v) is 7.22. The second-order valence-electron chi connectivity index (χ2n) is 7.76. The Balaban J connectivity index is 1.89. The molecule has 0 bridgehead atoms. The fourth-order valence-electron chi connectivity index (χ4n) is 3.36. The Hall–Kier alpha value is -1.71. The predicted molar refractivity (Wildman–Crippen MR) is 99.8 cm³/mol. The number of anilines is 1. The SMILES string of the molecule is CN1CCN(S(=O)(=O)c2ccc(NC(C)(C)C3CC3)c([N+](=O)[O-])c2)CC1. The molecule has 0 unspecified atom stereocenters. The maximum absolute atomic E-state index is 12.8. The molecule has 0 spiro atoms. The first-order valence-electron chi connectivity index (χ1n) is 8.86. The molecule has 0 atom stereocenters. The molecule has 1 saturated heterocycles. The molecular weight excluding hydrogens is 356 g/mol. The van der Waals surface area contributed by atoms with Crippen LogP contribution >= 0.6 is 0 Å². The van der Waals surface area contributed by atoms with Crippen molar-refractivity contribution in [3.8, 4) is 0 Å². The summed E-state index contributed by atoms with van der Waals surface area (Å²) in [7, 11) is -1.79. The van der Waals surface area contributed by atoms with Crippen LogP contribution in [0.5, 0.6) is 0 Å². The van der Waals surface area contributed by atoms with E-state index in [0.29, 0.717) is 37.8 Å². The molecule has 0 aromatic heterocycles. The number of sulfonamides is 1. The van der Waals surface area contributed by atoms with Gasteiger partial charge >= 0.3 is 0 Å². The minimum absolute atomic E-state index is 0.0245. The number of nitrogens with zero attached hydrogens (tertiary/aromatic N) is 3. The van der Waals surface area contributed by atoms with Crippen LogP contribution in [0.1, 0.15) is 26.7 Å². The molecule has 1 aromatic carbocycles. The van der Waals surface area contributed by atoms with Crippen molar-refractivity contribution in [2.75, 3.05) is 38.5 Å². The number of rotatable bonds is 6. The number of piperazine rings is 1. The van der Waals surface area contributed by atoms with Gasteiger partial charge in [-0.2, -0.15) is 4.31 Å². The van der Waals surface area contributed by atoms with Crippen molar-refractivity contribution in [3.63, 3.8) is 0 Å². The Morgan fingerprint density at radius 1 is 1.19 bits per heavy atom. The van der Waals surface area contributed by atoms with Crippen LogP contribution < -0.4 is 5.32 Å². The largest absolute Gasteiger partial charge is 0.374 e. The van der Waals surface area contributed by atoms with Crippen molar-refractivity contribution in [3.05, 3.63) is 28.3 Å². The van der Waals surface area contributed by atoms with Crippen LogP contribution in [0, 0.1) is 16.0 Å². The molecule has 1 N–H and O–H groups in total. The van der Waals surface area contributed by atoms with E-state index < -0.39 is 14.9 Å². The summed E-state index contributed by atoms with van der Waals surface area (Å²) in [5.41, 5.74) is -0.0963. The number of benzene rings is 1. The van der Waals surface area contributed by atoms with Crippen LogP contribution in [0.2, 0.25) is 0 Å². The molecule has 1 heterocycles. The molecule has 0 radical (unpaired) electrons. The van der Waals surface area contributed by atoms with Crippen LogP contribution in [-0.2, 0) is 10.0 Å². The zero-order chi connectivity index (χ0) is 19.1. The van der Waals surface area contributed by atoms with Crippen LogP contribution in [0.3, 0.4) is 0 Å². The average molecular weight is 382 g/mol. The third kappa shape index (κ3) is 3.84. The fourth-order valence-corrected chi connectivity index (χ4v) is 4.80. The lowest BCUT2D eigenvalue weighted by Gasteiger charge is -2.31. The van der Waals surface area contributed by atoms with E-state index in [1.165, 1.54) is 22.5 Å². The normalized spacial score (nSPS) is 20.1. The zero-order valence-corrected chi connectivity index (χ0v) is 16.3. The predicted octanol–water partition coefficient (Wildman–Crippen LogP) is 2.13. The Morgan fingerprint density at radius 3 is 2.35 bits per heavy atom. The summed E-state index contributed by atoms with van der Waals surface area (Å²) in [6, 6.07) is 4.16. The average Bonchev–Trinajstić information content (AvgIpc) is 3.40. The molecule has 9 heteroatoms. The minimum atomic E-state index is -3.73. The van der Waals surface area contributed by atoms with Crippen molar-refractivity contribution < 1.29 is 13.3 Å². The van der Waals surface area contributed by atoms with Gasteiger partial charge < -0.3 is 10.2 Å². The van der Waals surface area contributed by atoms with Gasteiger partial charge in [0.05, 0.1) is 9.82 Å². The van der Waals surface area contributed by atoms with Crippen molar-refractivity contribution in [2.45, 2.75) is 37.1 Å². The number of nitro benzene ring substituents is 1. The molecule has 3 rings (SSSR count). The summed E-state index contributed by atoms with van der Waals surface area (Å²) in [6.45, 7) is 6.11. The van der Waals surface area contributed by atoms with Gasteiger partial charge in [-0.15, -0.1) is 0 Å². The number of nitro groups is 1. The fraction of sp³-hybridized carbons (Fsp3) is 0.647. The second-order valence-corrected chi connectivity index (χ2v) is 9.70. The highest BCUT2D eigenvalue weighted by Crippen LogP contribution is 2.42. The van der Waals surface area contributed by atoms with E-state index in [2.05, 4.69) is 10.2 Å². The standard InChI is InChI=1S/C17H26N4O4S/c1-17(2,13-4-5-13)18-15-7-6-14(12-16(15)21(22)23)26(24,25)20-10-8-19(3)9-11-20/h6-7,12-13,18H,4-5,8-11H2,1-3H3. The summed E-state index contributed by atoms with van der Waals surface area (Å²) in [5.74, 6) is 0.482. The number of hydrogen-bond donors (Lipinski definition) is 1. The molecule has 26 heavy (non-hydrogen) atoms. The van der Waals surface area contributed by atoms with Gasteiger partial charge in [0.25, 0.3) is 5.69 Å². The maximum atomic E-state index is 12.8. The second kappa shape index (κ2) is 6.79.